The molecule has 0 N–H and O–H groups in total. The van der Waals surface area contributed by atoms with E-state index in [0.29, 0.717) is 0 Å². The highest BCUT2D eigenvalue weighted by Gasteiger charge is 2.31. The monoisotopic (exact) mass is 333 g/mol. The van der Waals surface area contributed by atoms with Crippen LogP contribution in [0, 0.1) is 10.1 Å². The quantitative estimate of drug-likeness (QED) is 0.598. The van der Waals surface area contributed by atoms with E-state index in [4.69, 9.17) is 0 Å². The van der Waals surface area contributed by atoms with E-state index >= 15 is 0 Å². The molecule has 0 aliphatic carbocycles. The summed E-state index contributed by atoms with van der Waals surface area (Å²) in [6.45, 7) is 1.23. The summed E-state index contributed by atoms with van der Waals surface area (Å²) >= 11 is 0. The van der Waals surface area contributed by atoms with Crippen molar-refractivity contribution in [1.29, 1.82) is 0 Å². The van der Waals surface area contributed by atoms with Crippen molar-refractivity contribution in [3.63, 3.8) is 0 Å². The molecule has 7 heteroatoms. The van der Waals surface area contributed by atoms with Crippen LogP contribution in [-0.2, 0) is 21.1 Å². The number of sulfone groups is 1. The second kappa shape index (κ2) is 6.70. The molecule has 23 heavy (non-hydrogen) atoms. The van der Waals surface area contributed by atoms with E-state index in [0.717, 1.165) is 29.8 Å². The standard InChI is InChI=1S/C16H15NO5S/c1-12(18)16(11-13-5-3-2-4-6-13)23(21,22)15-9-7-14(8-10-15)17(19)20/h2-10,16H,11H2,1H3/t16-/m0/s1. The van der Waals surface area contributed by atoms with Crippen molar-refractivity contribution in [1.82, 2.24) is 0 Å². The van der Waals surface area contributed by atoms with Crippen LogP contribution in [0.4, 0.5) is 5.69 Å². The molecular weight excluding hydrogens is 318 g/mol. The molecule has 0 bridgehead atoms. The molecule has 120 valence electrons. The maximum absolute atomic E-state index is 12.7. The highest BCUT2D eigenvalue weighted by molar-refractivity contribution is 7.92. The number of benzene rings is 2. The van der Waals surface area contributed by atoms with Crippen LogP contribution in [-0.4, -0.2) is 24.4 Å². The number of rotatable bonds is 6. The number of nitro benzene ring substituents is 1. The number of nitro groups is 1. The van der Waals surface area contributed by atoms with Crippen LogP contribution in [0.15, 0.2) is 59.5 Å². The molecule has 2 rings (SSSR count). The molecule has 0 amide bonds. The number of non-ortho nitro benzene ring substituents is 1. The third-order valence-electron chi connectivity index (χ3n) is 3.47. The molecule has 0 aromatic heterocycles. The minimum absolute atomic E-state index is 0.0650. The van der Waals surface area contributed by atoms with E-state index in [9.17, 15) is 23.3 Å². The maximum Gasteiger partial charge on any atom is 0.269 e. The molecule has 0 saturated carbocycles. The maximum atomic E-state index is 12.7. The van der Waals surface area contributed by atoms with Gasteiger partial charge in [0.1, 0.15) is 11.0 Å². The Hall–Kier alpha value is -2.54. The Balaban J connectivity index is 2.37. The lowest BCUT2D eigenvalue weighted by molar-refractivity contribution is -0.384. The number of Topliss-reactive ketones (excluding diaryl/α,β-unsaturated/α-hetero) is 1. The van der Waals surface area contributed by atoms with Crippen molar-refractivity contribution in [3.8, 4) is 0 Å². The van der Waals surface area contributed by atoms with Gasteiger partial charge in [0.05, 0.1) is 9.82 Å². The van der Waals surface area contributed by atoms with Gasteiger partial charge in [-0.1, -0.05) is 30.3 Å². The molecule has 0 fully saturated rings. The SMILES string of the molecule is CC(=O)[C@H](Cc1ccccc1)S(=O)(=O)c1ccc([N+](=O)[O-])cc1. The molecule has 0 radical (unpaired) electrons. The van der Waals surface area contributed by atoms with Crippen molar-refractivity contribution in [2.75, 3.05) is 0 Å². The molecule has 0 unspecified atom stereocenters. The Labute approximate surface area is 133 Å². The van der Waals surface area contributed by atoms with Crippen LogP contribution in [0.3, 0.4) is 0 Å². The summed E-state index contributed by atoms with van der Waals surface area (Å²) in [5.74, 6) is -0.466. The number of ketones is 1. The third kappa shape index (κ3) is 3.81. The Bertz CT molecular complexity index is 813. The van der Waals surface area contributed by atoms with Crippen LogP contribution in [0.5, 0.6) is 0 Å². The minimum atomic E-state index is -3.91. The lowest BCUT2D eigenvalue weighted by atomic mass is 10.1. The molecule has 1 atom stereocenters. The zero-order valence-corrected chi connectivity index (χ0v) is 13.2. The smallest absolute Gasteiger partial charge is 0.269 e. The summed E-state index contributed by atoms with van der Waals surface area (Å²) in [7, 11) is -3.91. The third-order valence-corrected chi connectivity index (χ3v) is 5.64. The molecule has 2 aromatic rings. The normalized spacial score (nSPS) is 12.6. The fraction of sp³-hybridized carbons (Fsp3) is 0.188. The summed E-state index contributed by atoms with van der Waals surface area (Å²) < 4.78 is 25.3. The van der Waals surface area contributed by atoms with Gasteiger partial charge in [-0.2, -0.15) is 0 Å². The van der Waals surface area contributed by atoms with E-state index in [-0.39, 0.29) is 17.0 Å². The summed E-state index contributed by atoms with van der Waals surface area (Å²) in [6, 6.07) is 13.4. The van der Waals surface area contributed by atoms with Gasteiger partial charge < -0.3 is 0 Å². The Kier molecular flexibility index (Phi) is 4.90. The van der Waals surface area contributed by atoms with E-state index in [1.165, 1.54) is 6.92 Å². The Morgan fingerprint density at radius 2 is 1.65 bits per heavy atom. The molecule has 0 aliphatic rings. The number of hydrogen-bond acceptors (Lipinski definition) is 5. The predicted octanol–water partition coefficient (Wildman–Crippen LogP) is 2.57. The lowest BCUT2D eigenvalue weighted by Gasteiger charge is -2.15. The van der Waals surface area contributed by atoms with Crippen LogP contribution < -0.4 is 0 Å². The van der Waals surface area contributed by atoms with Crippen LogP contribution in [0.1, 0.15) is 12.5 Å². The van der Waals surface area contributed by atoms with Crippen molar-refractivity contribution in [2.45, 2.75) is 23.5 Å². The van der Waals surface area contributed by atoms with E-state index in [1.54, 1.807) is 30.3 Å². The first-order valence-electron chi connectivity index (χ1n) is 6.85. The molecule has 0 aliphatic heterocycles. The number of nitrogens with zero attached hydrogens (tertiary/aromatic N) is 1. The Morgan fingerprint density at radius 3 is 2.13 bits per heavy atom. The number of carbonyl (C=O) groups excluding carboxylic acids is 1. The van der Waals surface area contributed by atoms with E-state index in [2.05, 4.69) is 0 Å². The van der Waals surface area contributed by atoms with Gasteiger partial charge >= 0.3 is 0 Å². The largest absolute Gasteiger partial charge is 0.299 e. The van der Waals surface area contributed by atoms with Gasteiger partial charge in [0, 0.05) is 12.1 Å². The summed E-state index contributed by atoms with van der Waals surface area (Å²) in [5.41, 5.74) is 0.532. The second-order valence-electron chi connectivity index (χ2n) is 5.09. The number of hydrogen-bond donors (Lipinski definition) is 0. The zero-order valence-electron chi connectivity index (χ0n) is 12.4. The summed E-state index contributed by atoms with van der Waals surface area (Å²) in [4.78, 5) is 21.8. The first-order chi connectivity index (χ1) is 10.8. The molecular formula is C16H15NO5S. The van der Waals surface area contributed by atoms with Gasteiger partial charge in [-0.15, -0.1) is 0 Å². The van der Waals surface area contributed by atoms with Gasteiger partial charge in [0.2, 0.25) is 0 Å². The van der Waals surface area contributed by atoms with Gasteiger partial charge in [-0.05, 0) is 31.0 Å². The van der Waals surface area contributed by atoms with Crippen molar-refractivity contribution >= 4 is 21.3 Å². The van der Waals surface area contributed by atoms with Gasteiger partial charge in [-0.3, -0.25) is 14.9 Å². The highest BCUT2D eigenvalue weighted by Crippen LogP contribution is 2.22. The first-order valence-corrected chi connectivity index (χ1v) is 8.39. The molecule has 6 nitrogen and oxygen atoms in total. The summed E-state index contributed by atoms with van der Waals surface area (Å²) in [5, 5.41) is 9.43. The zero-order chi connectivity index (χ0) is 17.0. The van der Waals surface area contributed by atoms with Crippen molar-refractivity contribution in [2.24, 2.45) is 0 Å². The Morgan fingerprint density at radius 1 is 1.09 bits per heavy atom. The highest BCUT2D eigenvalue weighted by atomic mass is 32.2. The van der Waals surface area contributed by atoms with Crippen molar-refractivity contribution in [3.05, 3.63) is 70.3 Å². The predicted molar refractivity (Wildman–Crippen MR) is 84.9 cm³/mol. The van der Waals surface area contributed by atoms with Gasteiger partial charge in [-0.25, -0.2) is 8.42 Å². The van der Waals surface area contributed by atoms with E-state index in [1.807, 2.05) is 0 Å². The molecule has 2 aromatic carbocycles. The summed E-state index contributed by atoms with van der Waals surface area (Å²) in [6.07, 6.45) is 0.0650. The van der Waals surface area contributed by atoms with E-state index < -0.39 is 25.8 Å². The van der Waals surface area contributed by atoms with Crippen LogP contribution in [0.2, 0.25) is 0 Å². The van der Waals surface area contributed by atoms with Crippen LogP contribution >= 0.6 is 0 Å². The first kappa shape index (κ1) is 16.8. The van der Waals surface area contributed by atoms with Gasteiger partial charge in [0.15, 0.2) is 9.84 Å². The average Bonchev–Trinajstić information content (AvgIpc) is 2.53. The second-order valence-corrected chi connectivity index (χ2v) is 7.22. The minimum Gasteiger partial charge on any atom is -0.299 e. The van der Waals surface area contributed by atoms with Gasteiger partial charge in [0.25, 0.3) is 5.69 Å². The fourth-order valence-corrected chi connectivity index (χ4v) is 3.91. The topological polar surface area (TPSA) is 94.3 Å². The average molecular weight is 333 g/mol. The number of carbonyl (C=O) groups is 1. The molecule has 0 spiro atoms. The fourth-order valence-electron chi connectivity index (χ4n) is 2.22. The van der Waals surface area contributed by atoms with Crippen LogP contribution in [0.25, 0.3) is 0 Å². The molecule has 0 heterocycles. The lowest BCUT2D eigenvalue weighted by Crippen LogP contribution is -2.31. The van der Waals surface area contributed by atoms with Crippen molar-refractivity contribution < 1.29 is 18.1 Å². The molecule has 0 saturated heterocycles.